The van der Waals surface area contributed by atoms with E-state index in [0.29, 0.717) is 5.41 Å². The Morgan fingerprint density at radius 1 is 1.41 bits per heavy atom. The second kappa shape index (κ2) is 5.61. The van der Waals surface area contributed by atoms with Crippen molar-refractivity contribution >= 4 is 0 Å². The van der Waals surface area contributed by atoms with Crippen LogP contribution in [0.15, 0.2) is 24.4 Å². The first-order valence-corrected chi connectivity index (χ1v) is 6.60. The molecule has 1 aliphatic carbocycles. The molecule has 0 saturated heterocycles. The summed E-state index contributed by atoms with van der Waals surface area (Å²) >= 11 is 0. The third-order valence-corrected chi connectivity index (χ3v) is 3.75. The highest BCUT2D eigenvalue weighted by Gasteiger charge is 2.42. The van der Waals surface area contributed by atoms with E-state index in [1.807, 2.05) is 12.3 Å². The zero-order chi connectivity index (χ0) is 12.1. The molecule has 1 fully saturated rings. The fraction of sp³-hybridized carbons (Fsp3) is 0.643. The molecule has 0 spiro atoms. The molecule has 2 N–H and O–H groups in total. The monoisotopic (exact) mass is 233 g/mol. The van der Waals surface area contributed by atoms with Crippen LogP contribution in [0.4, 0.5) is 0 Å². The smallest absolute Gasteiger partial charge is 0.0543 e. The van der Waals surface area contributed by atoms with Gasteiger partial charge in [0.1, 0.15) is 0 Å². The van der Waals surface area contributed by atoms with E-state index in [0.717, 1.165) is 25.3 Å². The predicted molar refractivity (Wildman–Crippen MR) is 70.5 cm³/mol. The number of nitrogens with two attached hydrogens (primary N) is 1. The third-order valence-electron chi connectivity index (χ3n) is 3.75. The largest absolute Gasteiger partial charge is 0.330 e. The second-order valence-electron chi connectivity index (χ2n) is 5.16. The fourth-order valence-corrected chi connectivity index (χ4v) is 2.44. The first-order valence-electron chi connectivity index (χ1n) is 6.60. The van der Waals surface area contributed by atoms with Crippen molar-refractivity contribution < 1.29 is 0 Å². The van der Waals surface area contributed by atoms with Crippen molar-refractivity contribution in [2.45, 2.75) is 32.7 Å². The van der Waals surface area contributed by atoms with Crippen molar-refractivity contribution in [2.75, 3.05) is 19.6 Å². The highest BCUT2D eigenvalue weighted by Crippen LogP contribution is 2.49. The lowest BCUT2D eigenvalue weighted by molar-refractivity contribution is 0.213. The van der Waals surface area contributed by atoms with Gasteiger partial charge >= 0.3 is 0 Å². The van der Waals surface area contributed by atoms with Crippen LogP contribution in [0.3, 0.4) is 0 Å². The van der Waals surface area contributed by atoms with Gasteiger partial charge in [-0.15, -0.1) is 0 Å². The molecule has 1 heterocycles. The standard InChI is InChI=1S/C14H23N3/c1-2-17(11-13-5-3-4-10-16-13)12-14(6-7-14)8-9-15/h3-5,10H,2,6-9,11-12,15H2,1H3. The predicted octanol–water partition coefficient (Wildman–Crippen LogP) is 2.03. The van der Waals surface area contributed by atoms with E-state index < -0.39 is 0 Å². The Morgan fingerprint density at radius 2 is 2.24 bits per heavy atom. The second-order valence-corrected chi connectivity index (χ2v) is 5.16. The summed E-state index contributed by atoms with van der Waals surface area (Å²) in [5, 5.41) is 0. The van der Waals surface area contributed by atoms with Crippen LogP contribution >= 0.6 is 0 Å². The molecule has 0 amide bonds. The van der Waals surface area contributed by atoms with Crippen LogP contribution in [0.25, 0.3) is 0 Å². The Hall–Kier alpha value is -0.930. The topological polar surface area (TPSA) is 42.2 Å². The van der Waals surface area contributed by atoms with Crippen LogP contribution in [0, 0.1) is 5.41 Å². The molecule has 0 aromatic carbocycles. The lowest BCUT2D eigenvalue weighted by Crippen LogP contribution is -2.31. The van der Waals surface area contributed by atoms with E-state index in [9.17, 15) is 0 Å². The van der Waals surface area contributed by atoms with E-state index >= 15 is 0 Å². The van der Waals surface area contributed by atoms with Crippen LogP contribution in [-0.2, 0) is 6.54 Å². The first-order chi connectivity index (χ1) is 8.28. The zero-order valence-corrected chi connectivity index (χ0v) is 10.7. The highest BCUT2D eigenvalue weighted by atomic mass is 15.1. The molecule has 0 aliphatic heterocycles. The minimum absolute atomic E-state index is 0.527. The van der Waals surface area contributed by atoms with Gasteiger partial charge in [-0.1, -0.05) is 13.0 Å². The number of pyridine rings is 1. The SMILES string of the molecule is CCN(Cc1ccccn1)CC1(CCN)CC1. The van der Waals surface area contributed by atoms with Gasteiger partial charge in [-0.05, 0) is 49.9 Å². The Bertz CT molecular complexity index is 333. The van der Waals surface area contributed by atoms with Gasteiger partial charge in [0.25, 0.3) is 0 Å². The van der Waals surface area contributed by atoms with Crippen LogP contribution in [0.1, 0.15) is 31.9 Å². The molecule has 17 heavy (non-hydrogen) atoms. The fourth-order valence-electron chi connectivity index (χ4n) is 2.44. The molecule has 1 saturated carbocycles. The van der Waals surface area contributed by atoms with Crippen molar-refractivity contribution in [3.63, 3.8) is 0 Å². The molecule has 2 rings (SSSR count). The Kier molecular flexibility index (Phi) is 4.13. The van der Waals surface area contributed by atoms with Crippen molar-refractivity contribution in [1.29, 1.82) is 0 Å². The minimum Gasteiger partial charge on any atom is -0.330 e. The molecule has 1 aliphatic rings. The minimum atomic E-state index is 0.527. The Balaban J connectivity index is 1.89. The van der Waals surface area contributed by atoms with Gasteiger partial charge in [0.15, 0.2) is 0 Å². The average Bonchev–Trinajstić information content (AvgIpc) is 3.10. The van der Waals surface area contributed by atoms with Crippen molar-refractivity contribution in [2.24, 2.45) is 11.1 Å². The van der Waals surface area contributed by atoms with Gasteiger partial charge in [0, 0.05) is 19.3 Å². The average molecular weight is 233 g/mol. The summed E-state index contributed by atoms with van der Waals surface area (Å²) in [5.41, 5.74) is 7.39. The van der Waals surface area contributed by atoms with E-state index in [2.05, 4.69) is 28.9 Å². The lowest BCUT2D eigenvalue weighted by atomic mass is 10.0. The van der Waals surface area contributed by atoms with Crippen LogP contribution in [0.2, 0.25) is 0 Å². The van der Waals surface area contributed by atoms with Crippen LogP contribution < -0.4 is 5.73 Å². The molecule has 3 heteroatoms. The normalized spacial score (nSPS) is 17.4. The zero-order valence-electron chi connectivity index (χ0n) is 10.7. The number of hydrogen-bond donors (Lipinski definition) is 1. The van der Waals surface area contributed by atoms with Crippen molar-refractivity contribution in [3.05, 3.63) is 30.1 Å². The van der Waals surface area contributed by atoms with Crippen LogP contribution in [-0.4, -0.2) is 29.5 Å². The lowest BCUT2D eigenvalue weighted by Gasteiger charge is -2.25. The maximum atomic E-state index is 5.69. The molecular formula is C14H23N3. The summed E-state index contributed by atoms with van der Waals surface area (Å²) in [5.74, 6) is 0. The number of nitrogens with zero attached hydrogens (tertiary/aromatic N) is 2. The number of aromatic nitrogens is 1. The van der Waals surface area contributed by atoms with Gasteiger partial charge in [-0.3, -0.25) is 9.88 Å². The van der Waals surface area contributed by atoms with E-state index in [1.54, 1.807) is 0 Å². The summed E-state index contributed by atoms with van der Waals surface area (Å²) in [6, 6.07) is 6.13. The van der Waals surface area contributed by atoms with Crippen LogP contribution in [0.5, 0.6) is 0 Å². The third kappa shape index (κ3) is 3.51. The Labute approximate surface area is 104 Å². The molecule has 0 radical (unpaired) electrons. The maximum Gasteiger partial charge on any atom is 0.0543 e. The van der Waals surface area contributed by atoms with Gasteiger partial charge in [-0.25, -0.2) is 0 Å². The Morgan fingerprint density at radius 3 is 2.76 bits per heavy atom. The molecule has 3 nitrogen and oxygen atoms in total. The molecule has 94 valence electrons. The summed E-state index contributed by atoms with van der Waals surface area (Å²) < 4.78 is 0. The summed E-state index contributed by atoms with van der Waals surface area (Å²) in [7, 11) is 0. The maximum absolute atomic E-state index is 5.69. The van der Waals surface area contributed by atoms with Gasteiger partial charge in [0.05, 0.1) is 5.69 Å². The quantitative estimate of drug-likeness (QED) is 0.783. The summed E-state index contributed by atoms with van der Waals surface area (Å²) in [6.45, 7) is 6.27. The first kappa shape index (κ1) is 12.5. The number of rotatable bonds is 7. The van der Waals surface area contributed by atoms with Gasteiger partial charge < -0.3 is 5.73 Å². The molecule has 0 atom stereocenters. The highest BCUT2D eigenvalue weighted by molar-refractivity contribution is 5.04. The van der Waals surface area contributed by atoms with Gasteiger partial charge in [-0.2, -0.15) is 0 Å². The van der Waals surface area contributed by atoms with Crippen molar-refractivity contribution in [1.82, 2.24) is 9.88 Å². The molecule has 1 aromatic rings. The molecular weight excluding hydrogens is 210 g/mol. The van der Waals surface area contributed by atoms with Crippen molar-refractivity contribution in [3.8, 4) is 0 Å². The van der Waals surface area contributed by atoms with E-state index in [-0.39, 0.29) is 0 Å². The molecule has 1 aromatic heterocycles. The summed E-state index contributed by atoms with van der Waals surface area (Å²) in [6.07, 6.45) is 5.74. The van der Waals surface area contributed by atoms with E-state index in [1.165, 1.54) is 25.8 Å². The van der Waals surface area contributed by atoms with E-state index in [4.69, 9.17) is 5.73 Å². The molecule has 0 bridgehead atoms. The molecule has 0 unspecified atom stereocenters. The number of hydrogen-bond acceptors (Lipinski definition) is 3. The summed E-state index contributed by atoms with van der Waals surface area (Å²) in [4.78, 5) is 6.89. The van der Waals surface area contributed by atoms with Gasteiger partial charge in [0.2, 0.25) is 0 Å².